The van der Waals surface area contributed by atoms with Crippen molar-refractivity contribution in [2.75, 3.05) is 5.32 Å². The van der Waals surface area contributed by atoms with Crippen molar-refractivity contribution in [3.8, 4) is 0 Å². The molecule has 3 heterocycles. The highest BCUT2D eigenvalue weighted by Crippen LogP contribution is 2.56. The number of nitrogens with one attached hydrogen (secondary N) is 2. The van der Waals surface area contributed by atoms with Gasteiger partial charge in [-0.2, -0.15) is 0 Å². The summed E-state index contributed by atoms with van der Waals surface area (Å²) in [6.45, 7) is 2.00. The summed E-state index contributed by atoms with van der Waals surface area (Å²) in [7, 11) is 0. The van der Waals surface area contributed by atoms with E-state index >= 15 is 0 Å². The monoisotopic (exact) mass is 561 g/mol. The highest BCUT2D eigenvalue weighted by atomic mass is 35.5. The van der Waals surface area contributed by atoms with E-state index in [1.165, 1.54) is 12.0 Å². The summed E-state index contributed by atoms with van der Waals surface area (Å²) < 4.78 is 6.49. The van der Waals surface area contributed by atoms with Gasteiger partial charge in [0.25, 0.3) is 0 Å². The molecule has 40 heavy (non-hydrogen) atoms. The van der Waals surface area contributed by atoms with Crippen LogP contribution in [0.2, 0.25) is 5.02 Å². The molecule has 3 aliphatic heterocycles. The van der Waals surface area contributed by atoms with Crippen LogP contribution in [-0.2, 0) is 25.5 Å². The molecule has 3 amide bonds. The molecule has 2 aromatic carbocycles. The Balaban J connectivity index is 1.29. The molecule has 1 aliphatic carbocycles. The number of benzene rings is 2. The van der Waals surface area contributed by atoms with Crippen LogP contribution in [0.4, 0.5) is 5.69 Å². The van der Waals surface area contributed by atoms with Gasteiger partial charge in [0, 0.05) is 22.8 Å². The van der Waals surface area contributed by atoms with Crippen LogP contribution in [0.3, 0.4) is 0 Å². The van der Waals surface area contributed by atoms with E-state index in [0.29, 0.717) is 17.1 Å². The summed E-state index contributed by atoms with van der Waals surface area (Å²) in [5.74, 6) is -2.20. The third-order valence-electron chi connectivity index (χ3n) is 9.08. The highest BCUT2D eigenvalue weighted by Gasteiger charge is 2.73. The molecule has 3 fully saturated rings. The van der Waals surface area contributed by atoms with Gasteiger partial charge in [-0.15, -0.1) is 0 Å². The number of carbonyl (C=O) groups excluding carboxylic acids is 3. The average Bonchev–Trinajstić information content (AvgIpc) is 3.60. The molecule has 4 aliphatic rings. The van der Waals surface area contributed by atoms with E-state index in [2.05, 4.69) is 22.8 Å². The minimum atomic E-state index is -1.17. The van der Waals surface area contributed by atoms with Crippen molar-refractivity contribution in [3.63, 3.8) is 0 Å². The average molecular weight is 562 g/mol. The first-order chi connectivity index (χ1) is 19.4. The molecule has 0 radical (unpaired) electrons. The Kier molecular flexibility index (Phi) is 7.44. The minimum Gasteiger partial charge on any atom is -0.359 e. The van der Waals surface area contributed by atoms with Crippen LogP contribution in [0.15, 0.2) is 66.7 Å². The van der Waals surface area contributed by atoms with Crippen LogP contribution in [0.25, 0.3) is 0 Å². The van der Waals surface area contributed by atoms with E-state index in [9.17, 15) is 14.4 Å². The third-order valence-corrected chi connectivity index (χ3v) is 9.31. The standard InChI is InChI=1S/C32H36ClN3O4/c1-20(15-16-21-9-4-2-5-10-21)36-28(30(38)34-23-12-6-3-7-13-23)32-18-17-25(40-32)26(27(32)31(36)39)29(37)35-24-14-8-11-22(33)19-24/h2,4-5,8-11,14,17-20,23,25-28H,3,6-7,12-13,15-16H2,1H3,(H,34,38)(H,35,37)/t20?,25-,26?,27-,28?,32?/m0/s1. The van der Waals surface area contributed by atoms with Crippen LogP contribution in [-0.4, -0.2) is 52.5 Å². The topological polar surface area (TPSA) is 87.7 Å². The van der Waals surface area contributed by atoms with E-state index in [-0.39, 0.29) is 29.8 Å². The van der Waals surface area contributed by atoms with Gasteiger partial charge < -0.3 is 20.3 Å². The fourth-order valence-corrected chi connectivity index (χ4v) is 7.35. The Morgan fingerprint density at radius 2 is 1.85 bits per heavy atom. The molecule has 1 spiro atoms. The lowest BCUT2D eigenvalue weighted by atomic mass is 9.74. The van der Waals surface area contributed by atoms with Gasteiger partial charge in [0.2, 0.25) is 17.7 Å². The quantitative estimate of drug-likeness (QED) is 0.449. The number of carbonyl (C=O) groups is 3. The minimum absolute atomic E-state index is 0.0952. The van der Waals surface area contributed by atoms with Gasteiger partial charge in [0.1, 0.15) is 11.6 Å². The number of ether oxygens (including phenoxy) is 1. The Hall–Kier alpha value is -3.16. The lowest BCUT2D eigenvalue weighted by Gasteiger charge is -2.36. The third kappa shape index (κ3) is 4.83. The molecule has 0 aromatic heterocycles. The van der Waals surface area contributed by atoms with Crippen LogP contribution in [0.1, 0.15) is 51.0 Å². The van der Waals surface area contributed by atoms with E-state index in [0.717, 1.165) is 32.1 Å². The van der Waals surface area contributed by atoms with Crippen molar-refractivity contribution in [2.24, 2.45) is 11.8 Å². The fourth-order valence-electron chi connectivity index (χ4n) is 7.16. The molecule has 8 heteroatoms. The zero-order valence-corrected chi connectivity index (χ0v) is 23.5. The van der Waals surface area contributed by atoms with Crippen molar-refractivity contribution >= 4 is 35.0 Å². The summed E-state index contributed by atoms with van der Waals surface area (Å²) in [4.78, 5) is 43.7. The maximum absolute atomic E-state index is 14.3. The summed E-state index contributed by atoms with van der Waals surface area (Å²) >= 11 is 6.13. The molecular formula is C32H36ClN3O4. The molecular weight excluding hydrogens is 526 g/mol. The largest absolute Gasteiger partial charge is 0.359 e. The zero-order chi connectivity index (χ0) is 27.9. The predicted octanol–water partition coefficient (Wildman–Crippen LogP) is 4.90. The van der Waals surface area contributed by atoms with Crippen LogP contribution >= 0.6 is 11.6 Å². The molecule has 2 N–H and O–H groups in total. The number of nitrogens with zero attached hydrogens (tertiary/aromatic N) is 1. The van der Waals surface area contributed by atoms with Gasteiger partial charge in [-0.3, -0.25) is 14.4 Å². The van der Waals surface area contributed by atoms with Crippen LogP contribution in [0, 0.1) is 11.8 Å². The second-order valence-electron chi connectivity index (χ2n) is 11.7. The number of amides is 3. The van der Waals surface area contributed by atoms with Gasteiger partial charge in [-0.1, -0.05) is 79.4 Å². The summed E-state index contributed by atoms with van der Waals surface area (Å²) in [5.41, 5.74) is 0.569. The number of rotatable bonds is 8. The summed E-state index contributed by atoms with van der Waals surface area (Å²) in [6.07, 6.45) is 9.86. The normalized spacial score (nSPS) is 29.9. The van der Waals surface area contributed by atoms with Crippen molar-refractivity contribution in [1.29, 1.82) is 0 Å². The predicted molar refractivity (Wildman–Crippen MR) is 154 cm³/mol. The molecule has 7 nitrogen and oxygen atoms in total. The second kappa shape index (κ2) is 11.0. The number of hydrogen-bond donors (Lipinski definition) is 2. The molecule has 6 rings (SSSR count). The summed E-state index contributed by atoms with van der Waals surface area (Å²) in [5, 5.41) is 6.70. The number of hydrogen-bond acceptors (Lipinski definition) is 4. The first-order valence-corrected chi connectivity index (χ1v) is 14.9. The van der Waals surface area contributed by atoms with Crippen molar-refractivity contribution in [2.45, 2.75) is 81.7 Å². The molecule has 6 atom stereocenters. The lowest BCUT2D eigenvalue weighted by molar-refractivity contribution is -0.143. The number of likely N-dealkylation sites (tertiary alicyclic amines) is 1. The maximum Gasteiger partial charge on any atom is 0.246 e. The molecule has 2 bridgehead atoms. The Bertz CT molecular complexity index is 1310. The van der Waals surface area contributed by atoms with Gasteiger partial charge in [-0.05, 0) is 56.4 Å². The van der Waals surface area contributed by atoms with E-state index in [1.807, 2.05) is 37.3 Å². The van der Waals surface area contributed by atoms with E-state index in [4.69, 9.17) is 16.3 Å². The van der Waals surface area contributed by atoms with Gasteiger partial charge >= 0.3 is 0 Å². The Morgan fingerprint density at radius 3 is 2.60 bits per heavy atom. The van der Waals surface area contributed by atoms with Crippen molar-refractivity contribution in [1.82, 2.24) is 10.2 Å². The molecule has 2 aromatic rings. The number of aryl methyl sites for hydroxylation is 1. The maximum atomic E-state index is 14.3. The molecule has 210 valence electrons. The zero-order valence-electron chi connectivity index (χ0n) is 22.7. The van der Waals surface area contributed by atoms with Gasteiger partial charge in [0.05, 0.1) is 17.9 Å². The Morgan fingerprint density at radius 1 is 1.07 bits per heavy atom. The smallest absolute Gasteiger partial charge is 0.246 e. The van der Waals surface area contributed by atoms with Crippen LogP contribution < -0.4 is 10.6 Å². The van der Waals surface area contributed by atoms with E-state index < -0.39 is 29.6 Å². The van der Waals surface area contributed by atoms with Gasteiger partial charge in [-0.25, -0.2) is 0 Å². The molecule has 2 saturated heterocycles. The van der Waals surface area contributed by atoms with Crippen molar-refractivity contribution < 1.29 is 19.1 Å². The van der Waals surface area contributed by atoms with Crippen LogP contribution in [0.5, 0.6) is 0 Å². The first-order valence-electron chi connectivity index (χ1n) is 14.5. The highest BCUT2D eigenvalue weighted by molar-refractivity contribution is 6.30. The number of halogens is 1. The van der Waals surface area contributed by atoms with Gasteiger partial charge in [0.15, 0.2) is 0 Å². The molecule has 4 unspecified atom stereocenters. The number of fused-ring (bicyclic) bond motifs is 1. The van der Waals surface area contributed by atoms with Crippen molar-refractivity contribution in [3.05, 3.63) is 77.3 Å². The molecule has 1 saturated carbocycles. The second-order valence-corrected chi connectivity index (χ2v) is 12.1. The fraction of sp³-hybridized carbons (Fsp3) is 0.469. The van der Waals surface area contributed by atoms with E-state index in [1.54, 1.807) is 29.2 Å². The number of anilines is 1. The SMILES string of the molecule is CC(CCc1ccccc1)N1C(=O)[C@@H]2C(C(=O)Nc3cccc(Cl)c3)[C@@H]3C=CC2(O3)C1C(=O)NC1CCCCC1. The first kappa shape index (κ1) is 27.0. The lowest BCUT2D eigenvalue weighted by Crippen LogP contribution is -2.58. The Labute approximate surface area is 240 Å². The summed E-state index contributed by atoms with van der Waals surface area (Å²) in [6, 6.07) is 16.1.